The topological polar surface area (TPSA) is 90.7 Å². The SMILES string of the molecule is COc1ccc(NC(=O)COc2ccc(Cl)cc2)c([N+](=O)[O-])c1. The number of benzene rings is 2. The Balaban J connectivity index is 2.02. The third kappa shape index (κ3) is 4.58. The quantitative estimate of drug-likeness (QED) is 0.645. The highest BCUT2D eigenvalue weighted by molar-refractivity contribution is 6.30. The Kier molecular flexibility index (Phi) is 5.37. The lowest BCUT2D eigenvalue weighted by Gasteiger charge is -2.09. The van der Waals surface area contributed by atoms with E-state index in [0.717, 1.165) is 0 Å². The lowest BCUT2D eigenvalue weighted by molar-refractivity contribution is -0.384. The van der Waals surface area contributed by atoms with Crippen molar-refractivity contribution in [1.29, 1.82) is 0 Å². The van der Waals surface area contributed by atoms with Gasteiger partial charge in [0.2, 0.25) is 0 Å². The number of halogens is 1. The van der Waals surface area contributed by atoms with E-state index in [1.807, 2.05) is 0 Å². The van der Waals surface area contributed by atoms with Crippen LogP contribution in [-0.2, 0) is 4.79 Å². The summed E-state index contributed by atoms with van der Waals surface area (Å²) in [7, 11) is 1.40. The molecule has 0 fully saturated rings. The number of nitrogens with zero attached hydrogens (tertiary/aromatic N) is 1. The van der Waals surface area contributed by atoms with Crippen LogP contribution in [0.2, 0.25) is 5.02 Å². The zero-order valence-electron chi connectivity index (χ0n) is 12.1. The Morgan fingerprint density at radius 2 is 1.87 bits per heavy atom. The van der Waals surface area contributed by atoms with E-state index in [1.54, 1.807) is 24.3 Å². The number of nitrogens with one attached hydrogen (secondary N) is 1. The van der Waals surface area contributed by atoms with Gasteiger partial charge in [0, 0.05) is 5.02 Å². The minimum atomic E-state index is -0.599. The summed E-state index contributed by atoms with van der Waals surface area (Å²) in [6.07, 6.45) is 0. The maximum atomic E-state index is 11.9. The first-order valence-electron chi connectivity index (χ1n) is 6.50. The minimum Gasteiger partial charge on any atom is -0.496 e. The highest BCUT2D eigenvalue weighted by Gasteiger charge is 2.17. The van der Waals surface area contributed by atoms with Crippen molar-refractivity contribution in [1.82, 2.24) is 0 Å². The molecule has 0 radical (unpaired) electrons. The first kappa shape index (κ1) is 16.6. The standard InChI is InChI=1S/C15H13ClN2O5/c1-22-12-6-7-13(14(8-12)18(20)21)17-15(19)9-23-11-4-2-10(16)3-5-11/h2-8H,9H2,1H3,(H,17,19). The van der Waals surface area contributed by atoms with Gasteiger partial charge in [-0.3, -0.25) is 14.9 Å². The first-order chi connectivity index (χ1) is 11.0. The Labute approximate surface area is 136 Å². The summed E-state index contributed by atoms with van der Waals surface area (Å²) in [6.45, 7) is -0.287. The predicted octanol–water partition coefficient (Wildman–Crippen LogP) is 3.27. The molecule has 0 bridgehead atoms. The molecular weight excluding hydrogens is 324 g/mol. The van der Waals surface area contributed by atoms with Crippen LogP contribution in [0, 0.1) is 10.1 Å². The molecule has 7 nitrogen and oxygen atoms in total. The van der Waals surface area contributed by atoms with Crippen LogP contribution >= 0.6 is 11.6 Å². The van der Waals surface area contributed by atoms with E-state index in [4.69, 9.17) is 21.1 Å². The maximum Gasteiger partial charge on any atom is 0.296 e. The molecule has 0 heterocycles. The molecule has 0 aliphatic rings. The van der Waals surface area contributed by atoms with E-state index in [2.05, 4.69) is 5.32 Å². The van der Waals surface area contributed by atoms with Gasteiger partial charge in [0.1, 0.15) is 17.2 Å². The van der Waals surface area contributed by atoms with E-state index >= 15 is 0 Å². The van der Waals surface area contributed by atoms with Gasteiger partial charge >= 0.3 is 0 Å². The van der Waals surface area contributed by atoms with Crippen LogP contribution in [0.4, 0.5) is 11.4 Å². The number of methoxy groups -OCH3 is 1. The van der Waals surface area contributed by atoms with Crippen LogP contribution in [0.25, 0.3) is 0 Å². The summed E-state index contributed by atoms with van der Waals surface area (Å²) in [6, 6.07) is 10.6. The fourth-order valence-electron chi connectivity index (χ4n) is 1.76. The van der Waals surface area contributed by atoms with Crippen LogP contribution in [0.3, 0.4) is 0 Å². The van der Waals surface area contributed by atoms with Crippen LogP contribution in [-0.4, -0.2) is 24.5 Å². The molecule has 2 aromatic carbocycles. The number of carbonyl (C=O) groups is 1. The highest BCUT2D eigenvalue weighted by Crippen LogP contribution is 2.28. The third-order valence-electron chi connectivity index (χ3n) is 2.86. The van der Waals surface area contributed by atoms with Crippen LogP contribution in [0.15, 0.2) is 42.5 Å². The first-order valence-corrected chi connectivity index (χ1v) is 6.88. The summed E-state index contributed by atoms with van der Waals surface area (Å²) in [5, 5.41) is 14.0. The molecule has 0 aromatic heterocycles. The van der Waals surface area contributed by atoms with Crippen molar-refractivity contribution in [3.8, 4) is 11.5 Å². The summed E-state index contributed by atoms with van der Waals surface area (Å²) in [5.74, 6) is 0.272. The van der Waals surface area contributed by atoms with Gasteiger partial charge < -0.3 is 14.8 Å². The molecule has 8 heteroatoms. The van der Waals surface area contributed by atoms with Gasteiger partial charge in [0.25, 0.3) is 11.6 Å². The number of amides is 1. The maximum absolute atomic E-state index is 11.9. The summed E-state index contributed by atoms with van der Waals surface area (Å²) < 4.78 is 10.2. The molecule has 0 atom stereocenters. The van der Waals surface area contributed by atoms with E-state index in [1.165, 1.54) is 25.3 Å². The fourth-order valence-corrected chi connectivity index (χ4v) is 1.89. The molecule has 0 saturated carbocycles. The van der Waals surface area contributed by atoms with Gasteiger partial charge in [-0.05, 0) is 36.4 Å². The van der Waals surface area contributed by atoms with Gasteiger partial charge in [0.15, 0.2) is 6.61 Å². The second kappa shape index (κ2) is 7.46. The number of hydrogen-bond acceptors (Lipinski definition) is 5. The molecule has 0 spiro atoms. The van der Waals surface area contributed by atoms with E-state index in [-0.39, 0.29) is 18.0 Å². The van der Waals surface area contributed by atoms with Crippen molar-refractivity contribution >= 4 is 28.9 Å². The van der Waals surface area contributed by atoms with Crippen LogP contribution < -0.4 is 14.8 Å². The largest absolute Gasteiger partial charge is 0.496 e. The Hall–Kier alpha value is -2.80. The smallest absolute Gasteiger partial charge is 0.296 e. The molecule has 0 saturated heterocycles. The monoisotopic (exact) mass is 336 g/mol. The Morgan fingerprint density at radius 3 is 2.48 bits per heavy atom. The summed E-state index contributed by atoms with van der Waals surface area (Å²) >= 11 is 5.74. The number of nitro groups is 1. The molecule has 0 aliphatic carbocycles. The molecule has 0 aliphatic heterocycles. The van der Waals surface area contributed by atoms with Crippen LogP contribution in [0.1, 0.15) is 0 Å². The molecule has 1 N–H and O–H groups in total. The lowest BCUT2D eigenvalue weighted by Crippen LogP contribution is -2.20. The third-order valence-corrected chi connectivity index (χ3v) is 3.11. The average molecular weight is 337 g/mol. The zero-order chi connectivity index (χ0) is 16.8. The number of anilines is 1. The molecule has 1 amide bonds. The second-order valence-electron chi connectivity index (χ2n) is 4.43. The van der Waals surface area contributed by atoms with Gasteiger partial charge in [-0.1, -0.05) is 11.6 Å². The van der Waals surface area contributed by atoms with Crippen molar-refractivity contribution in [3.05, 3.63) is 57.6 Å². The Bertz CT molecular complexity index is 718. The average Bonchev–Trinajstić information content (AvgIpc) is 2.54. The van der Waals surface area contributed by atoms with Crippen molar-refractivity contribution in [2.75, 3.05) is 19.0 Å². The minimum absolute atomic E-state index is 0.0699. The Morgan fingerprint density at radius 1 is 1.22 bits per heavy atom. The van der Waals surface area contributed by atoms with Gasteiger partial charge in [-0.15, -0.1) is 0 Å². The summed E-state index contributed by atoms with van der Waals surface area (Å²) in [5.41, 5.74) is -0.190. The molecule has 2 rings (SSSR count). The van der Waals surface area contributed by atoms with Gasteiger partial charge in [-0.2, -0.15) is 0 Å². The second-order valence-corrected chi connectivity index (χ2v) is 4.87. The van der Waals surface area contributed by atoms with Crippen LogP contribution in [0.5, 0.6) is 11.5 Å². The number of rotatable bonds is 6. The number of hydrogen-bond donors (Lipinski definition) is 1. The van der Waals surface area contributed by atoms with Crippen molar-refractivity contribution < 1.29 is 19.2 Å². The van der Waals surface area contributed by atoms with E-state index in [0.29, 0.717) is 16.5 Å². The van der Waals surface area contributed by atoms with Gasteiger partial charge in [0.05, 0.1) is 18.1 Å². The van der Waals surface area contributed by atoms with Crippen molar-refractivity contribution in [2.24, 2.45) is 0 Å². The number of ether oxygens (including phenoxy) is 2. The number of nitro benzene ring substituents is 1. The molecule has 23 heavy (non-hydrogen) atoms. The lowest BCUT2D eigenvalue weighted by atomic mass is 10.2. The molecule has 0 unspecified atom stereocenters. The fraction of sp³-hybridized carbons (Fsp3) is 0.133. The predicted molar refractivity (Wildman–Crippen MR) is 85.2 cm³/mol. The molecule has 2 aromatic rings. The van der Waals surface area contributed by atoms with Gasteiger partial charge in [-0.25, -0.2) is 0 Å². The molecule has 120 valence electrons. The normalized spacial score (nSPS) is 10.0. The van der Waals surface area contributed by atoms with Crippen molar-refractivity contribution in [3.63, 3.8) is 0 Å². The molecular formula is C15H13ClN2O5. The van der Waals surface area contributed by atoms with E-state index < -0.39 is 10.8 Å². The van der Waals surface area contributed by atoms with E-state index in [9.17, 15) is 14.9 Å². The highest BCUT2D eigenvalue weighted by atomic mass is 35.5. The summed E-state index contributed by atoms with van der Waals surface area (Å²) in [4.78, 5) is 22.3. The number of carbonyl (C=O) groups excluding carboxylic acids is 1. The zero-order valence-corrected chi connectivity index (χ0v) is 12.9. The van der Waals surface area contributed by atoms with Crippen molar-refractivity contribution in [2.45, 2.75) is 0 Å².